The highest BCUT2D eigenvalue weighted by atomic mass is 19.4. The first-order valence-corrected chi connectivity index (χ1v) is 4.79. The van der Waals surface area contributed by atoms with E-state index in [1.54, 1.807) is 12.5 Å². The highest BCUT2D eigenvalue weighted by Gasteiger charge is 2.26. The molecule has 1 aromatic rings. The van der Waals surface area contributed by atoms with E-state index in [-0.39, 0.29) is 6.54 Å². The summed E-state index contributed by atoms with van der Waals surface area (Å²) in [5.74, 6) is 0. The molecule has 0 aliphatic rings. The number of nitrogens with one attached hydrogen (secondary N) is 1. The summed E-state index contributed by atoms with van der Waals surface area (Å²) in [4.78, 5) is 3.90. The van der Waals surface area contributed by atoms with Gasteiger partial charge in [0.1, 0.15) is 0 Å². The number of aryl methyl sites for hydroxylation is 1. The Morgan fingerprint density at radius 1 is 1.47 bits per heavy atom. The normalized spacial score (nSPS) is 12.0. The zero-order chi connectivity index (χ0) is 11.3. The molecule has 15 heavy (non-hydrogen) atoms. The van der Waals surface area contributed by atoms with E-state index in [1.807, 2.05) is 11.5 Å². The molecular formula is C9H14F3N3. The van der Waals surface area contributed by atoms with Crippen LogP contribution in [-0.4, -0.2) is 22.3 Å². The van der Waals surface area contributed by atoms with Gasteiger partial charge < -0.3 is 9.88 Å². The molecule has 0 saturated carbocycles. The van der Waals surface area contributed by atoms with Crippen molar-refractivity contribution in [3.05, 3.63) is 18.2 Å². The van der Waals surface area contributed by atoms with Gasteiger partial charge in [-0.1, -0.05) is 6.92 Å². The van der Waals surface area contributed by atoms with Gasteiger partial charge in [-0.25, -0.2) is 4.98 Å². The molecule has 0 amide bonds. The van der Waals surface area contributed by atoms with Crippen molar-refractivity contribution < 1.29 is 13.2 Å². The minimum absolute atomic E-state index is 0.194. The molecule has 0 fully saturated rings. The Bertz CT molecular complexity index is 293. The second-order valence-corrected chi connectivity index (χ2v) is 3.30. The summed E-state index contributed by atoms with van der Waals surface area (Å²) in [6.45, 7) is 2.01. The van der Waals surface area contributed by atoms with E-state index in [4.69, 9.17) is 0 Å². The van der Waals surface area contributed by atoms with Crippen LogP contribution in [0.2, 0.25) is 0 Å². The van der Waals surface area contributed by atoms with Crippen molar-refractivity contribution in [1.82, 2.24) is 14.9 Å². The van der Waals surface area contributed by atoms with Crippen LogP contribution >= 0.6 is 0 Å². The summed E-state index contributed by atoms with van der Waals surface area (Å²) in [5.41, 5.74) is 0.779. The lowest BCUT2D eigenvalue weighted by Gasteiger charge is -2.09. The number of nitrogens with zero attached hydrogens (tertiary/aromatic N) is 2. The molecule has 0 aromatic carbocycles. The summed E-state index contributed by atoms with van der Waals surface area (Å²) in [6.07, 6.45) is -0.00856. The van der Waals surface area contributed by atoms with Crippen molar-refractivity contribution in [3.8, 4) is 0 Å². The lowest BCUT2D eigenvalue weighted by Crippen LogP contribution is -2.29. The minimum atomic E-state index is -4.16. The average molecular weight is 221 g/mol. The third-order valence-corrected chi connectivity index (χ3v) is 1.89. The van der Waals surface area contributed by atoms with Gasteiger partial charge in [0, 0.05) is 19.3 Å². The summed E-state index contributed by atoms with van der Waals surface area (Å²) in [5, 5.41) is 2.34. The third kappa shape index (κ3) is 4.33. The molecule has 1 N–H and O–H groups in total. The predicted molar refractivity (Wildman–Crippen MR) is 50.3 cm³/mol. The van der Waals surface area contributed by atoms with Gasteiger partial charge in [-0.15, -0.1) is 0 Å². The van der Waals surface area contributed by atoms with Gasteiger partial charge in [-0.3, -0.25) is 0 Å². The van der Waals surface area contributed by atoms with Crippen molar-refractivity contribution in [2.75, 3.05) is 6.54 Å². The topological polar surface area (TPSA) is 29.9 Å². The monoisotopic (exact) mass is 221 g/mol. The number of hydrogen-bond donors (Lipinski definition) is 1. The SMILES string of the molecule is CCCn1cncc1CNCC(F)(F)F. The van der Waals surface area contributed by atoms with Crippen LogP contribution in [0.5, 0.6) is 0 Å². The maximum Gasteiger partial charge on any atom is 0.401 e. The van der Waals surface area contributed by atoms with Crippen LogP contribution in [0.4, 0.5) is 13.2 Å². The number of imidazole rings is 1. The van der Waals surface area contributed by atoms with Crippen LogP contribution < -0.4 is 5.32 Å². The van der Waals surface area contributed by atoms with E-state index in [2.05, 4.69) is 10.3 Å². The van der Waals surface area contributed by atoms with E-state index in [1.165, 1.54) is 0 Å². The molecule has 0 bridgehead atoms. The van der Waals surface area contributed by atoms with Gasteiger partial charge in [-0.2, -0.15) is 13.2 Å². The molecule has 0 radical (unpaired) electrons. The van der Waals surface area contributed by atoms with Crippen molar-refractivity contribution in [2.24, 2.45) is 0 Å². The Labute approximate surface area is 86.3 Å². The van der Waals surface area contributed by atoms with Gasteiger partial charge in [0.25, 0.3) is 0 Å². The Morgan fingerprint density at radius 3 is 2.80 bits per heavy atom. The number of rotatable bonds is 5. The largest absolute Gasteiger partial charge is 0.401 e. The van der Waals surface area contributed by atoms with E-state index >= 15 is 0 Å². The Kier molecular flexibility index (Phi) is 4.14. The molecule has 1 aromatic heterocycles. The fourth-order valence-electron chi connectivity index (χ4n) is 1.27. The fourth-order valence-corrected chi connectivity index (χ4v) is 1.27. The zero-order valence-electron chi connectivity index (χ0n) is 8.51. The van der Waals surface area contributed by atoms with Gasteiger partial charge in [0.2, 0.25) is 0 Å². The van der Waals surface area contributed by atoms with Crippen molar-refractivity contribution in [2.45, 2.75) is 32.6 Å². The number of hydrogen-bond acceptors (Lipinski definition) is 2. The van der Waals surface area contributed by atoms with E-state index in [0.717, 1.165) is 18.7 Å². The highest BCUT2D eigenvalue weighted by molar-refractivity contribution is 4.97. The lowest BCUT2D eigenvalue weighted by molar-refractivity contribution is -0.125. The molecule has 0 aliphatic carbocycles. The maximum absolute atomic E-state index is 11.8. The molecule has 86 valence electrons. The van der Waals surface area contributed by atoms with Crippen molar-refractivity contribution >= 4 is 0 Å². The molecule has 1 rings (SSSR count). The average Bonchev–Trinajstić information content (AvgIpc) is 2.51. The Morgan fingerprint density at radius 2 is 2.20 bits per heavy atom. The molecule has 1 heterocycles. The molecule has 0 saturated heterocycles. The van der Waals surface area contributed by atoms with Crippen LogP contribution in [-0.2, 0) is 13.1 Å². The number of halogens is 3. The molecular weight excluding hydrogens is 207 g/mol. The molecule has 0 aliphatic heterocycles. The Hall–Kier alpha value is -1.04. The highest BCUT2D eigenvalue weighted by Crippen LogP contribution is 2.12. The smallest absolute Gasteiger partial charge is 0.333 e. The van der Waals surface area contributed by atoms with Crippen molar-refractivity contribution in [1.29, 1.82) is 0 Å². The molecule has 6 heteroatoms. The van der Waals surface area contributed by atoms with Gasteiger partial charge in [-0.05, 0) is 6.42 Å². The summed E-state index contributed by atoms with van der Waals surface area (Å²) >= 11 is 0. The van der Waals surface area contributed by atoms with Crippen molar-refractivity contribution in [3.63, 3.8) is 0 Å². The van der Waals surface area contributed by atoms with Gasteiger partial charge in [0.05, 0.1) is 18.6 Å². The molecule has 0 unspecified atom stereocenters. The number of alkyl halides is 3. The standard InChI is InChI=1S/C9H14F3N3/c1-2-3-15-7-14-5-8(15)4-13-6-9(10,11)12/h5,7,13H,2-4,6H2,1H3. The zero-order valence-corrected chi connectivity index (χ0v) is 8.51. The quantitative estimate of drug-likeness (QED) is 0.823. The van der Waals surface area contributed by atoms with Gasteiger partial charge >= 0.3 is 6.18 Å². The minimum Gasteiger partial charge on any atom is -0.333 e. The second kappa shape index (κ2) is 5.16. The van der Waals surface area contributed by atoms with Crippen LogP contribution in [0.3, 0.4) is 0 Å². The van der Waals surface area contributed by atoms with Crippen LogP contribution in [0, 0.1) is 0 Å². The van der Waals surface area contributed by atoms with E-state index in [0.29, 0.717) is 0 Å². The summed E-state index contributed by atoms with van der Waals surface area (Å²) < 4.78 is 37.4. The molecule has 0 atom stereocenters. The molecule has 3 nitrogen and oxygen atoms in total. The van der Waals surface area contributed by atoms with Gasteiger partial charge in [0.15, 0.2) is 0 Å². The number of aromatic nitrogens is 2. The first kappa shape index (κ1) is 12.0. The van der Waals surface area contributed by atoms with E-state index in [9.17, 15) is 13.2 Å². The summed E-state index contributed by atoms with van der Waals surface area (Å²) in [7, 11) is 0. The summed E-state index contributed by atoms with van der Waals surface area (Å²) in [6, 6.07) is 0. The third-order valence-electron chi connectivity index (χ3n) is 1.89. The van der Waals surface area contributed by atoms with Crippen LogP contribution in [0.1, 0.15) is 19.0 Å². The fraction of sp³-hybridized carbons (Fsp3) is 0.667. The van der Waals surface area contributed by atoms with Crippen LogP contribution in [0.15, 0.2) is 12.5 Å². The first-order chi connectivity index (χ1) is 7.03. The predicted octanol–water partition coefficient (Wildman–Crippen LogP) is 1.95. The second-order valence-electron chi connectivity index (χ2n) is 3.30. The Balaban J connectivity index is 2.40. The molecule has 0 spiro atoms. The maximum atomic E-state index is 11.8. The van der Waals surface area contributed by atoms with E-state index < -0.39 is 12.7 Å². The first-order valence-electron chi connectivity index (χ1n) is 4.79. The lowest BCUT2D eigenvalue weighted by atomic mass is 10.4. The van der Waals surface area contributed by atoms with Crippen LogP contribution in [0.25, 0.3) is 0 Å².